The fourth-order valence-electron chi connectivity index (χ4n) is 4.64. The number of primary amides is 1. The number of nitrogens with two attached hydrogens (primary N) is 1. The number of pyridine rings is 1. The van der Waals surface area contributed by atoms with E-state index in [1.165, 1.54) is 6.20 Å². The zero-order chi connectivity index (χ0) is 28.1. The van der Waals surface area contributed by atoms with E-state index < -0.39 is 5.91 Å². The molecule has 0 atom stereocenters. The van der Waals surface area contributed by atoms with Crippen molar-refractivity contribution in [3.8, 4) is 16.9 Å². The minimum absolute atomic E-state index is 0.315. The number of aromatic nitrogens is 1. The van der Waals surface area contributed by atoms with Gasteiger partial charge >= 0.3 is 0 Å². The zero-order valence-electron chi connectivity index (χ0n) is 22.3. The number of benzene rings is 4. The number of hydrogen-bond donors (Lipinski definition) is 2. The summed E-state index contributed by atoms with van der Waals surface area (Å²) in [5.41, 5.74) is 12.6. The molecule has 0 aliphatic carbocycles. The molecule has 0 aliphatic heterocycles. The Bertz CT molecular complexity index is 1700. The van der Waals surface area contributed by atoms with Crippen LogP contribution in [0, 0.1) is 6.92 Å². The Morgan fingerprint density at radius 3 is 2.52 bits per heavy atom. The number of aryl methyl sites for hydroxylation is 2. The summed E-state index contributed by atoms with van der Waals surface area (Å²) in [6.07, 6.45) is 3.76. The summed E-state index contributed by atoms with van der Waals surface area (Å²) >= 11 is 1.64. The lowest BCUT2D eigenvalue weighted by atomic mass is 10.0. The molecule has 0 aliphatic rings. The number of hydrogen-bond acceptors (Lipinski definition) is 6. The first-order valence-electron chi connectivity index (χ1n) is 12.9. The van der Waals surface area contributed by atoms with Crippen molar-refractivity contribution in [2.24, 2.45) is 5.73 Å². The third-order valence-electron chi connectivity index (χ3n) is 6.65. The Kier molecular flexibility index (Phi) is 8.12. The van der Waals surface area contributed by atoms with E-state index in [0.717, 1.165) is 61.3 Å². The molecule has 200 valence electrons. The van der Waals surface area contributed by atoms with Gasteiger partial charge in [0.25, 0.3) is 5.91 Å². The van der Waals surface area contributed by atoms with Gasteiger partial charge in [-0.3, -0.25) is 9.78 Å². The maximum absolute atomic E-state index is 12.4. The number of fused-ring (bicyclic) bond motifs is 1. The first-order valence-corrected chi connectivity index (χ1v) is 13.7. The second kappa shape index (κ2) is 12.1. The van der Waals surface area contributed by atoms with E-state index in [1.807, 2.05) is 43.3 Å². The van der Waals surface area contributed by atoms with Gasteiger partial charge in [-0.25, -0.2) is 0 Å². The van der Waals surface area contributed by atoms with Crippen molar-refractivity contribution in [3.05, 3.63) is 108 Å². The number of anilines is 2. The molecule has 0 radical (unpaired) electrons. The second-order valence-electron chi connectivity index (χ2n) is 9.44. The number of methoxy groups -OCH3 is 1. The van der Waals surface area contributed by atoms with E-state index in [2.05, 4.69) is 58.8 Å². The van der Waals surface area contributed by atoms with Crippen molar-refractivity contribution >= 4 is 46.2 Å². The number of rotatable bonds is 10. The predicted molar refractivity (Wildman–Crippen MR) is 162 cm³/mol. The van der Waals surface area contributed by atoms with Gasteiger partial charge in [-0.15, -0.1) is 0 Å². The fourth-order valence-corrected chi connectivity index (χ4v) is 5.65. The van der Waals surface area contributed by atoms with Gasteiger partial charge in [0.2, 0.25) is 0 Å². The molecule has 0 saturated carbocycles. The first-order chi connectivity index (χ1) is 19.4. The van der Waals surface area contributed by atoms with Crippen LogP contribution >= 0.6 is 11.8 Å². The molecule has 5 aromatic rings. The first kappa shape index (κ1) is 27.0. The van der Waals surface area contributed by atoms with E-state index >= 15 is 0 Å². The van der Waals surface area contributed by atoms with Crippen LogP contribution in [0.5, 0.6) is 5.75 Å². The standard InChI is InChI=1S/C33H29N3O3S/c1-21-16-28(40-27-10-3-7-24(17-27)23-13-11-22(12-14-23)6-5-15-37)19-29-31(21)35-20-30(33(34)38)32(29)36-25-8-4-9-26(18-25)39-2/h3-4,7-20H,5-6H2,1-2H3,(H2,34,38)(H,35,36). The quantitative estimate of drug-likeness (QED) is 0.178. The molecule has 40 heavy (non-hydrogen) atoms. The smallest absolute Gasteiger partial charge is 0.252 e. The molecule has 0 unspecified atom stereocenters. The SMILES string of the molecule is COc1cccc(Nc2c(C(N)=O)cnc3c(C)cc(Sc4cccc(-c5ccc(CCC=O)cc5)c4)cc23)c1. The van der Waals surface area contributed by atoms with Crippen LogP contribution in [-0.2, 0) is 11.2 Å². The Labute approximate surface area is 237 Å². The van der Waals surface area contributed by atoms with Gasteiger partial charge in [-0.2, -0.15) is 0 Å². The number of nitrogens with zero attached hydrogens (tertiary/aromatic N) is 1. The summed E-state index contributed by atoms with van der Waals surface area (Å²) in [6.45, 7) is 2.02. The molecule has 4 aromatic carbocycles. The van der Waals surface area contributed by atoms with Crippen LogP contribution in [0.3, 0.4) is 0 Å². The van der Waals surface area contributed by atoms with Crippen molar-refractivity contribution < 1.29 is 14.3 Å². The van der Waals surface area contributed by atoms with Gasteiger partial charge in [-0.05, 0) is 72.0 Å². The number of carbonyl (C=O) groups excluding carboxylic acids is 2. The maximum Gasteiger partial charge on any atom is 0.252 e. The maximum atomic E-state index is 12.4. The van der Waals surface area contributed by atoms with Crippen molar-refractivity contribution in [2.45, 2.75) is 29.6 Å². The molecule has 1 amide bonds. The highest BCUT2D eigenvalue weighted by atomic mass is 32.2. The molecule has 0 spiro atoms. The Morgan fingerprint density at radius 1 is 0.975 bits per heavy atom. The average Bonchev–Trinajstić information content (AvgIpc) is 2.97. The molecule has 7 heteroatoms. The van der Waals surface area contributed by atoms with Crippen LogP contribution in [0.1, 0.15) is 27.9 Å². The Morgan fingerprint density at radius 2 is 1.77 bits per heavy atom. The number of ether oxygens (including phenoxy) is 1. The van der Waals surface area contributed by atoms with Crippen molar-refractivity contribution in [2.75, 3.05) is 12.4 Å². The number of nitrogens with one attached hydrogen (secondary N) is 1. The predicted octanol–water partition coefficient (Wildman–Crippen LogP) is 7.34. The summed E-state index contributed by atoms with van der Waals surface area (Å²) in [4.78, 5) is 29.7. The Balaban J connectivity index is 1.50. The van der Waals surface area contributed by atoms with Crippen LogP contribution in [0.25, 0.3) is 22.0 Å². The minimum atomic E-state index is -0.555. The summed E-state index contributed by atoms with van der Waals surface area (Å²) < 4.78 is 5.37. The summed E-state index contributed by atoms with van der Waals surface area (Å²) in [5, 5.41) is 4.20. The van der Waals surface area contributed by atoms with Gasteiger partial charge < -0.3 is 20.6 Å². The van der Waals surface area contributed by atoms with Crippen molar-refractivity contribution in [1.29, 1.82) is 0 Å². The molecular formula is C33H29N3O3S. The lowest BCUT2D eigenvalue weighted by Crippen LogP contribution is -2.14. The molecule has 3 N–H and O–H groups in total. The van der Waals surface area contributed by atoms with Gasteiger partial charge in [0.05, 0.1) is 23.9 Å². The molecule has 0 fully saturated rings. The Hall–Kier alpha value is -4.62. The van der Waals surface area contributed by atoms with E-state index in [1.54, 1.807) is 18.9 Å². The van der Waals surface area contributed by atoms with Crippen LogP contribution in [-0.4, -0.2) is 24.3 Å². The number of aldehydes is 1. The lowest BCUT2D eigenvalue weighted by molar-refractivity contribution is -0.107. The number of carbonyl (C=O) groups is 2. The monoisotopic (exact) mass is 547 g/mol. The molecule has 5 rings (SSSR count). The fraction of sp³-hybridized carbons (Fsp3) is 0.121. The van der Waals surface area contributed by atoms with Gasteiger partial charge in [-0.1, -0.05) is 54.2 Å². The highest BCUT2D eigenvalue weighted by Gasteiger charge is 2.16. The van der Waals surface area contributed by atoms with E-state index in [9.17, 15) is 9.59 Å². The van der Waals surface area contributed by atoms with Crippen LogP contribution < -0.4 is 15.8 Å². The van der Waals surface area contributed by atoms with Crippen LogP contribution in [0.2, 0.25) is 0 Å². The molecule has 0 bridgehead atoms. The third kappa shape index (κ3) is 6.00. The normalized spacial score (nSPS) is 10.8. The second-order valence-corrected chi connectivity index (χ2v) is 10.6. The van der Waals surface area contributed by atoms with Gasteiger partial charge in [0.1, 0.15) is 12.0 Å². The van der Waals surface area contributed by atoms with Crippen molar-refractivity contribution in [1.82, 2.24) is 4.98 Å². The minimum Gasteiger partial charge on any atom is -0.497 e. The summed E-state index contributed by atoms with van der Waals surface area (Å²) in [5.74, 6) is 0.146. The van der Waals surface area contributed by atoms with Gasteiger partial charge in [0.15, 0.2) is 0 Å². The average molecular weight is 548 g/mol. The molecule has 6 nitrogen and oxygen atoms in total. The molecular weight excluding hydrogens is 518 g/mol. The zero-order valence-corrected chi connectivity index (χ0v) is 23.1. The van der Waals surface area contributed by atoms with Crippen LogP contribution in [0.15, 0.2) is 101 Å². The van der Waals surface area contributed by atoms with E-state index in [-0.39, 0.29) is 0 Å². The van der Waals surface area contributed by atoms with Crippen LogP contribution in [0.4, 0.5) is 11.4 Å². The highest BCUT2D eigenvalue weighted by Crippen LogP contribution is 2.37. The molecule has 1 heterocycles. The summed E-state index contributed by atoms with van der Waals surface area (Å²) in [7, 11) is 1.61. The topological polar surface area (TPSA) is 94.3 Å². The third-order valence-corrected chi connectivity index (χ3v) is 7.61. The van der Waals surface area contributed by atoms with Gasteiger partial charge in [0, 0.05) is 39.5 Å². The largest absolute Gasteiger partial charge is 0.497 e. The lowest BCUT2D eigenvalue weighted by Gasteiger charge is -2.16. The van der Waals surface area contributed by atoms with E-state index in [0.29, 0.717) is 23.4 Å². The number of amides is 1. The summed E-state index contributed by atoms with van der Waals surface area (Å²) in [6, 6.07) is 28.4. The highest BCUT2D eigenvalue weighted by molar-refractivity contribution is 7.99. The molecule has 0 saturated heterocycles. The van der Waals surface area contributed by atoms with E-state index in [4.69, 9.17) is 10.5 Å². The van der Waals surface area contributed by atoms with Crippen molar-refractivity contribution in [3.63, 3.8) is 0 Å². The molecule has 1 aromatic heterocycles.